The Morgan fingerprint density at radius 1 is 0.873 bits per heavy atom. The molecule has 2 aromatic heterocycles. The molecule has 2 aromatic carbocycles. The van der Waals surface area contributed by atoms with E-state index in [9.17, 15) is 40.7 Å². The maximum absolute atomic E-state index is 14.0. The Hall–Kier alpha value is -4.80. The molecule has 4 aromatic rings. The highest BCUT2D eigenvalue weighted by atomic mass is 19.4. The number of aromatic amines is 1. The molecular weight excluding hydrogens is 732 g/mol. The molecule has 3 aliphatic heterocycles. The number of halogens is 6. The first-order chi connectivity index (χ1) is 26.1. The molecule has 17 heteroatoms. The minimum Gasteiger partial charge on any atom is -0.436 e. The highest BCUT2D eigenvalue weighted by molar-refractivity contribution is 6.01. The van der Waals surface area contributed by atoms with Gasteiger partial charge in [-0.25, -0.2) is 9.59 Å². The van der Waals surface area contributed by atoms with Crippen LogP contribution >= 0.6 is 0 Å². The van der Waals surface area contributed by atoms with Gasteiger partial charge in [-0.1, -0.05) is 18.2 Å². The van der Waals surface area contributed by atoms with Crippen molar-refractivity contribution in [1.29, 1.82) is 0 Å². The molecule has 2 amide bonds. The molecule has 5 heterocycles. The van der Waals surface area contributed by atoms with Crippen molar-refractivity contribution in [2.75, 3.05) is 52.0 Å². The lowest BCUT2D eigenvalue weighted by molar-refractivity contribution is -0.142. The summed E-state index contributed by atoms with van der Waals surface area (Å²) in [5, 5.41) is 0.782. The van der Waals surface area contributed by atoms with Gasteiger partial charge in [0.05, 0.1) is 39.6 Å². The Morgan fingerprint density at radius 3 is 2.04 bits per heavy atom. The van der Waals surface area contributed by atoms with Gasteiger partial charge in [-0.2, -0.15) is 26.3 Å². The number of piperidine rings is 3. The van der Waals surface area contributed by atoms with E-state index in [1.165, 1.54) is 9.80 Å². The molecule has 1 unspecified atom stereocenters. The summed E-state index contributed by atoms with van der Waals surface area (Å²) in [7, 11) is 2.07. The predicted molar refractivity (Wildman–Crippen MR) is 192 cm³/mol. The number of ether oxygens (including phenoxy) is 1. The second-order valence-electron chi connectivity index (χ2n) is 15.0. The van der Waals surface area contributed by atoms with Crippen LogP contribution in [-0.2, 0) is 28.3 Å². The van der Waals surface area contributed by atoms with Crippen molar-refractivity contribution < 1.29 is 40.7 Å². The number of nitrogens with one attached hydrogen (secondary N) is 1. The summed E-state index contributed by atoms with van der Waals surface area (Å²) in [6.45, 7) is 2.83. The summed E-state index contributed by atoms with van der Waals surface area (Å²) in [5.41, 5.74) is 1.65. The lowest BCUT2D eigenvalue weighted by Gasteiger charge is -2.40. The van der Waals surface area contributed by atoms with E-state index >= 15 is 0 Å². The van der Waals surface area contributed by atoms with Crippen molar-refractivity contribution in [2.24, 2.45) is 11.8 Å². The molecule has 296 valence electrons. The van der Waals surface area contributed by atoms with Crippen LogP contribution in [-0.4, -0.2) is 93.7 Å². The second kappa shape index (κ2) is 15.0. The van der Waals surface area contributed by atoms with Crippen LogP contribution in [0.5, 0.6) is 0 Å². The molecule has 11 nitrogen and oxygen atoms in total. The summed E-state index contributed by atoms with van der Waals surface area (Å²) >= 11 is 0. The molecule has 7 rings (SSSR count). The second-order valence-corrected chi connectivity index (χ2v) is 15.0. The maximum Gasteiger partial charge on any atom is 0.418 e. The minimum absolute atomic E-state index is 0.116. The van der Waals surface area contributed by atoms with Crippen LogP contribution in [0.1, 0.15) is 61.3 Å². The van der Waals surface area contributed by atoms with Gasteiger partial charge in [-0.05, 0) is 94.3 Å². The number of imidazole rings is 1. The smallest absolute Gasteiger partial charge is 0.418 e. The van der Waals surface area contributed by atoms with Crippen molar-refractivity contribution in [3.63, 3.8) is 0 Å². The van der Waals surface area contributed by atoms with Crippen LogP contribution in [0.15, 0.2) is 47.4 Å². The van der Waals surface area contributed by atoms with E-state index in [1.807, 2.05) is 24.3 Å². The van der Waals surface area contributed by atoms with Crippen LogP contribution < -0.4 is 11.4 Å². The average molecular weight is 776 g/mol. The van der Waals surface area contributed by atoms with Crippen LogP contribution in [0, 0.1) is 11.8 Å². The number of H-pyrrole nitrogens is 1. The lowest BCUT2D eigenvalue weighted by Crippen LogP contribution is -2.49. The highest BCUT2D eigenvalue weighted by Gasteiger charge is 2.42. The van der Waals surface area contributed by atoms with Crippen molar-refractivity contribution in [3.8, 4) is 0 Å². The number of amides is 2. The van der Waals surface area contributed by atoms with Gasteiger partial charge in [0.2, 0.25) is 0 Å². The summed E-state index contributed by atoms with van der Waals surface area (Å²) in [6.07, 6.45) is -8.06. The summed E-state index contributed by atoms with van der Waals surface area (Å²) < 4.78 is 90.8. The number of likely N-dealkylation sites (tertiary alicyclic amines) is 3. The van der Waals surface area contributed by atoms with Gasteiger partial charge in [-0.15, -0.1) is 0 Å². The van der Waals surface area contributed by atoms with Gasteiger partial charge in [0.15, 0.2) is 6.10 Å². The van der Waals surface area contributed by atoms with Gasteiger partial charge in [0, 0.05) is 44.0 Å². The third kappa shape index (κ3) is 7.98. The van der Waals surface area contributed by atoms with Gasteiger partial charge < -0.3 is 30.2 Å². The Bertz CT molecular complexity index is 2070. The number of alkyl halides is 6. The maximum atomic E-state index is 14.0. The number of nitrogen functional groups attached to an aromatic ring is 1. The van der Waals surface area contributed by atoms with E-state index < -0.39 is 59.3 Å². The zero-order valence-corrected chi connectivity index (χ0v) is 30.3. The highest BCUT2D eigenvalue weighted by Crippen LogP contribution is 2.42. The van der Waals surface area contributed by atoms with E-state index in [-0.39, 0.29) is 24.8 Å². The molecule has 3 fully saturated rings. The Morgan fingerprint density at radius 2 is 1.44 bits per heavy atom. The van der Waals surface area contributed by atoms with E-state index in [0.717, 1.165) is 36.8 Å². The molecule has 0 radical (unpaired) electrons. The molecule has 1 atom stereocenters. The minimum atomic E-state index is -5.22. The van der Waals surface area contributed by atoms with Crippen LogP contribution in [0.4, 0.5) is 36.8 Å². The molecule has 55 heavy (non-hydrogen) atoms. The van der Waals surface area contributed by atoms with Gasteiger partial charge >= 0.3 is 24.1 Å². The summed E-state index contributed by atoms with van der Waals surface area (Å²) in [5.74, 6) is 0.186. The number of nitrogens with zero attached hydrogens (tertiary/aromatic N) is 5. The number of hydrogen-bond donors (Lipinski definition) is 2. The topological polar surface area (TPSA) is 130 Å². The van der Waals surface area contributed by atoms with Gasteiger partial charge in [0.25, 0.3) is 5.91 Å². The standard InChI is InChI=1S/C38H43F6N7O4/c1-48-12-6-23(7-13-48)24-8-14-49(15-9-24)34(52)31(20-22-18-27(37(39,40)41)32(45)28(19-22)38(42,43)44)55-36(54)50-16-10-25(11-17-50)51-30-21-46-29-5-3-2-4-26(29)33(30)47-35(51)53/h2-5,18-19,21,23-25,31H,6-17,20,45H2,1H3,(H,47,53). The molecule has 3 saturated heterocycles. The monoisotopic (exact) mass is 775 g/mol. The number of benzene rings is 2. The first-order valence-electron chi connectivity index (χ1n) is 18.6. The number of rotatable bonds is 6. The molecular formula is C38H43F6N7O4. The number of anilines is 1. The van der Waals surface area contributed by atoms with E-state index in [1.54, 1.807) is 10.8 Å². The normalized spacial score (nSPS) is 19.3. The van der Waals surface area contributed by atoms with Crippen molar-refractivity contribution in [2.45, 2.75) is 69.4 Å². The van der Waals surface area contributed by atoms with E-state index in [0.29, 0.717) is 73.8 Å². The average Bonchev–Trinajstić information content (AvgIpc) is 3.50. The number of nitrogens with two attached hydrogens (primary N) is 1. The molecule has 3 aliphatic rings. The van der Waals surface area contributed by atoms with Crippen LogP contribution in [0.2, 0.25) is 0 Å². The number of fused-ring (bicyclic) bond motifs is 3. The van der Waals surface area contributed by atoms with Gasteiger partial charge in [0.1, 0.15) is 0 Å². The van der Waals surface area contributed by atoms with E-state index in [4.69, 9.17) is 10.5 Å². The SMILES string of the molecule is CN1CCC(C2CCN(C(=O)C(Cc3cc(C(F)(F)F)c(N)c(C(F)(F)F)c3)OC(=O)N3CCC(n4c(=O)[nH]c5c6ccccc6ncc54)CC3)CC2)CC1. The Labute approximate surface area is 312 Å². The quantitative estimate of drug-likeness (QED) is 0.170. The van der Waals surface area contributed by atoms with Gasteiger partial charge in [-0.3, -0.25) is 14.3 Å². The molecule has 0 saturated carbocycles. The molecule has 0 bridgehead atoms. The fourth-order valence-electron chi connectivity index (χ4n) is 8.58. The van der Waals surface area contributed by atoms with Crippen molar-refractivity contribution in [3.05, 3.63) is 69.8 Å². The number of hydrogen-bond acceptors (Lipinski definition) is 7. The number of pyridine rings is 1. The lowest BCUT2D eigenvalue weighted by atomic mass is 9.79. The Balaban J connectivity index is 1.09. The summed E-state index contributed by atoms with van der Waals surface area (Å²) in [6, 6.07) is 8.03. The number of carbonyl (C=O) groups excluding carboxylic acids is 2. The fraction of sp³-hybridized carbons (Fsp3) is 0.526. The van der Waals surface area contributed by atoms with E-state index in [2.05, 4.69) is 21.9 Å². The van der Waals surface area contributed by atoms with Crippen LogP contribution in [0.25, 0.3) is 21.9 Å². The predicted octanol–water partition coefficient (Wildman–Crippen LogP) is 6.46. The molecule has 0 aliphatic carbocycles. The fourth-order valence-corrected chi connectivity index (χ4v) is 8.58. The van der Waals surface area contributed by atoms with Crippen molar-refractivity contribution in [1.82, 2.24) is 29.2 Å². The number of para-hydroxylation sites is 1. The third-order valence-electron chi connectivity index (χ3n) is 11.6. The third-order valence-corrected chi connectivity index (χ3v) is 11.6. The molecule has 3 N–H and O–H groups in total. The largest absolute Gasteiger partial charge is 0.436 e. The number of aromatic nitrogens is 3. The zero-order valence-electron chi connectivity index (χ0n) is 30.3. The van der Waals surface area contributed by atoms with Crippen molar-refractivity contribution >= 4 is 39.6 Å². The Kier molecular flexibility index (Phi) is 10.5. The first-order valence-corrected chi connectivity index (χ1v) is 18.6. The molecule has 0 spiro atoms. The summed E-state index contributed by atoms with van der Waals surface area (Å²) in [4.78, 5) is 53.3. The number of carbonyl (C=O) groups is 2. The first kappa shape index (κ1) is 38.5. The zero-order chi connectivity index (χ0) is 39.2. The van der Waals surface area contributed by atoms with Crippen LogP contribution in [0.3, 0.4) is 0 Å².